The number of benzene rings is 2. The van der Waals surface area contributed by atoms with Crippen LogP contribution < -0.4 is 16.0 Å². The third-order valence-electron chi connectivity index (χ3n) is 7.43. The van der Waals surface area contributed by atoms with E-state index in [1.807, 2.05) is 38.1 Å². The van der Waals surface area contributed by atoms with E-state index in [0.29, 0.717) is 33.6 Å². The van der Waals surface area contributed by atoms with Gasteiger partial charge in [-0.1, -0.05) is 68.1 Å². The van der Waals surface area contributed by atoms with Crippen molar-refractivity contribution in [2.75, 3.05) is 16.0 Å². The summed E-state index contributed by atoms with van der Waals surface area (Å²) < 4.78 is 0.513. The Hall–Kier alpha value is -4.47. The van der Waals surface area contributed by atoms with E-state index >= 15 is 0 Å². The number of aryl methyl sites for hydroxylation is 1. The standard InChI is InChI=1S/C31H30N6O4S2/c1-4-17-5-7-18(8-6-17)25-21(15-32)27(33)37(22-13-31(2,3)14-23(38)26(22)25)29-35-36-30(43-29)42-16-24(39)34-20-11-9-19(10-12-20)28(40)41/h5-12,25H,4,13-14,16,33H2,1-3H3,(H,34,39)(H,40,41). The Bertz CT molecular complexity index is 1700. The van der Waals surface area contributed by atoms with Gasteiger partial charge in [-0.15, -0.1) is 10.2 Å². The molecule has 12 heteroatoms. The number of Topliss-reactive ketones (excluding diaryl/α,β-unsaturated/α-hetero) is 1. The summed E-state index contributed by atoms with van der Waals surface area (Å²) in [5.74, 6) is -1.67. The Morgan fingerprint density at radius 3 is 2.49 bits per heavy atom. The van der Waals surface area contributed by atoms with E-state index < -0.39 is 11.9 Å². The second kappa shape index (κ2) is 12.0. The zero-order chi connectivity index (χ0) is 30.9. The lowest BCUT2D eigenvalue weighted by atomic mass is 9.68. The molecule has 3 aromatic rings. The molecule has 43 heavy (non-hydrogen) atoms. The quantitative estimate of drug-likeness (QED) is 0.277. The van der Waals surface area contributed by atoms with Crippen LogP contribution in [0.2, 0.25) is 0 Å². The highest BCUT2D eigenvalue weighted by Crippen LogP contribution is 2.50. The van der Waals surface area contributed by atoms with Crippen LogP contribution in [0.25, 0.3) is 0 Å². The minimum absolute atomic E-state index is 0.0201. The van der Waals surface area contributed by atoms with Crippen molar-refractivity contribution in [3.8, 4) is 6.07 Å². The van der Waals surface area contributed by atoms with Crippen LogP contribution in [0.5, 0.6) is 0 Å². The van der Waals surface area contributed by atoms with Crippen LogP contribution in [-0.2, 0) is 16.0 Å². The molecule has 0 saturated heterocycles. The molecule has 1 unspecified atom stereocenters. The molecule has 0 saturated carbocycles. The van der Waals surface area contributed by atoms with E-state index in [2.05, 4.69) is 28.5 Å². The number of ketones is 1. The number of hydrogen-bond donors (Lipinski definition) is 3. The van der Waals surface area contributed by atoms with Crippen LogP contribution in [0.3, 0.4) is 0 Å². The fraction of sp³-hybridized carbons (Fsp3) is 0.290. The van der Waals surface area contributed by atoms with Crippen molar-refractivity contribution in [2.24, 2.45) is 11.1 Å². The summed E-state index contributed by atoms with van der Waals surface area (Å²) in [7, 11) is 0. The lowest BCUT2D eigenvalue weighted by Crippen LogP contribution is -2.42. The van der Waals surface area contributed by atoms with Crippen LogP contribution >= 0.6 is 23.1 Å². The molecule has 1 aliphatic carbocycles. The van der Waals surface area contributed by atoms with Gasteiger partial charge in [-0.3, -0.25) is 14.5 Å². The Morgan fingerprint density at radius 1 is 1.16 bits per heavy atom. The zero-order valence-corrected chi connectivity index (χ0v) is 25.5. The first-order chi connectivity index (χ1) is 20.5. The molecule has 4 N–H and O–H groups in total. The molecule has 10 nitrogen and oxygen atoms in total. The number of carboxylic acid groups (broad SMARTS) is 1. The van der Waals surface area contributed by atoms with Gasteiger partial charge in [0.1, 0.15) is 5.82 Å². The van der Waals surface area contributed by atoms with Gasteiger partial charge >= 0.3 is 5.97 Å². The van der Waals surface area contributed by atoms with E-state index in [4.69, 9.17) is 10.8 Å². The summed E-state index contributed by atoms with van der Waals surface area (Å²) in [6, 6.07) is 16.1. The first-order valence-electron chi connectivity index (χ1n) is 13.7. The summed E-state index contributed by atoms with van der Waals surface area (Å²) >= 11 is 2.41. The number of aromatic nitrogens is 2. The molecule has 1 aliphatic heterocycles. The average Bonchev–Trinajstić information content (AvgIpc) is 3.43. The van der Waals surface area contributed by atoms with Crippen molar-refractivity contribution in [2.45, 2.75) is 50.3 Å². The number of hydrogen-bond acceptors (Lipinski definition) is 10. The predicted molar refractivity (Wildman–Crippen MR) is 166 cm³/mol. The maximum Gasteiger partial charge on any atom is 0.335 e. The van der Waals surface area contributed by atoms with Crippen LogP contribution in [0.15, 0.2) is 75.5 Å². The molecular weight excluding hydrogens is 585 g/mol. The van der Waals surface area contributed by atoms with Gasteiger partial charge in [0, 0.05) is 23.4 Å². The molecule has 1 amide bonds. The van der Waals surface area contributed by atoms with Gasteiger partial charge in [0.2, 0.25) is 11.0 Å². The lowest BCUT2D eigenvalue weighted by Gasteiger charge is -2.42. The molecule has 0 spiro atoms. The topological polar surface area (TPSA) is 162 Å². The minimum Gasteiger partial charge on any atom is -0.478 e. The molecule has 5 rings (SSSR count). The van der Waals surface area contributed by atoms with E-state index in [1.54, 1.807) is 4.90 Å². The number of aromatic carboxylic acids is 1. The number of nitrogens with zero attached hydrogens (tertiary/aromatic N) is 4. The molecule has 2 aromatic carbocycles. The summed E-state index contributed by atoms with van der Waals surface area (Å²) in [6.07, 6.45) is 1.79. The van der Waals surface area contributed by atoms with Crippen molar-refractivity contribution in [1.29, 1.82) is 5.26 Å². The fourth-order valence-electron chi connectivity index (χ4n) is 5.38. The van der Waals surface area contributed by atoms with Gasteiger partial charge in [0.15, 0.2) is 10.1 Å². The minimum atomic E-state index is -1.04. The molecule has 2 heterocycles. The Labute approximate surface area is 257 Å². The van der Waals surface area contributed by atoms with Gasteiger partial charge < -0.3 is 16.2 Å². The number of thioether (sulfide) groups is 1. The number of nitrogens with one attached hydrogen (secondary N) is 1. The SMILES string of the molecule is CCc1ccc(C2C(C#N)=C(N)N(c3nnc(SCC(=O)Nc4ccc(C(=O)O)cc4)s3)C3=C2C(=O)CC(C)(C)C3)cc1. The van der Waals surface area contributed by atoms with Gasteiger partial charge in [-0.05, 0) is 53.6 Å². The highest BCUT2D eigenvalue weighted by molar-refractivity contribution is 8.01. The number of nitriles is 1. The van der Waals surface area contributed by atoms with Crippen LogP contribution in [-0.4, -0.2) is 38.7 Å². The van der Waals surface area contributed by atoms with Crippen molar-refractivity contribution in [1.82, 2.24) is 10.2 Å². The summed E-state index contributed by atoms with van der Waals surface area (Å²) in [5.41, 5.74) is 10.6. The second-order valence-corrected chi connectivity index (χ2v) is 13.3. The van der Waals surface area contributed by atoms with Crippen molar-refractivity contribution in [3.05, 3.63) is 87.9 Å². The van der Waals surface area contributed by atoms with Crippen molar-refractivity contribution < 1.29 is 19.5 Å². The zero-order valence-electron chi connectivity index (χ0n) is 23.9. The third-order valence-corrected chi connectivity index (χ3v) is 9.47. The van der Waals surface area contributed by atoms with Crippen molar-refractivity contribution in [3.63, 3.8) is 0 Å². The number of carboxylic acids is 1. The molecule has 0 bridgehead atoms. The number of anilines is 2. The van der Waals surface area contributed by atoms with Gasteiger partial charge in [-0.2, -0.15) is 5.26 Å². The number of rotatable bonds is 8. The molecule has 0 radical (unpaired) electrons. The Morgan fingerprint density at radius 2 is 1.86 bits per heavy atom. The first kappa shape index (κ1) is 30.0. The molecule has 220 valence electrons. The number of allylic oxidation sites excluding steroid dienone is 3. The van der Waals surface area contributed by atoms with Crippen molar-refractivity contribution >= 4 is 51.6 Å². The number of carbonyl (C=O) groups excluding carboxylic acids is 2. The average molecular weight is 615 g/mol. The fourth-order valence-corrected chi connectivity index (χ4v) is 7.06. The molecular formula is C31H30N6O4S2. The molecule has 0 fully saturated rings. The van der Waals surface area contributed by atoms with E-state index in [1.165, 1.54) is 47.4 Å². The lowest BCUT2D eigenvalue weighted by molar-refractivity contribution is -0.118. The Balaban J connectivity index is 1.42. The normalized spacial score (nSPS) is 17.9. The van der Waals surface area contributed by atoms with Crippen LogP contribution in [0.4, 0.5) is 10.8 Å². The smallest absolute Gasteiger partial charge is 0.335 e. The number of amides is 1. The van der Waals surface area contributed by atoms with E-state index in [-0.39, 0.29) is 39.8 Å². The molecule has 1 atom stereocenters. The van der Waals surface area contributed by atoms with Gasteiger partial charge in [-0.25, -0.2) is 4.79 Å². The van der Waals surface area contributed by atoms with E-state index in [0.717, 1.165) is 23.2 Å². The monoisotopic (exact) mass is 614 g/mol. The highest BCUT2D eigenvalue weighted by atomic mass is 32.2. The maximum absolute atomic E-state index is 13.7. The van der Waals surface area contributed by atoms with Crippen LogP contribution in [0.1, 0.15) is 61.0 Å². The molecule has 1 aromatic heterocycles. The van der Waals surface area contributed by atoms with Gasteiger partial charge in [0.25, 0.3) is 0 Å². The third kappa shape index (κ3) is 6.18. The maximum atomic E-state index is 13.7. The molecule has 2 aliphatic rings. The van der Waals surface area contributed by atoms with E-state index in [9.17, 15) is 19.6 Å². The predicted octanol–water partition coefficient (Wildman–Crippen LogP) is 5.47. The number of nitrogens with two attached hydrogens (primary N) is 1. The highest BCUT2D eigenvalue weighted by Gasteiger charge is 2.45. The Kier molecular flexibility index (Phi) is 8.39. The summed E-state index contributed by atoms with van der Waals surface area (Å²) in [5, 5.41) is 31.1. The number of carbonyl (C=O) groups is 3. The first-order valence-corrected chi connectivity index (χ1v) is 15.5. The van der Waals surface area contributed by atoms with Gasteiger partial charge in [0.05, 0.1) is 28.9 Å². The second-order valence-electron chi connectivity index (χ2n) is 11.1. The van der Waals surface area contributed by atoms with Crippen LogP contribution in [0, 0.1) is 16.7 Å². The summed E-state index contributed by atoms with van der Waals surface area (Å²) in [4.78, 5) is 39.0. The summed E-state index contributed by atoms with van der Waals surface area (Å²) in [6.45, 7) is 6.14. The largest absolute Gasteiger partial charge is 0.478 e.